The van der Waals surface area contributed by atoms with E-state index in [0.29, 0.717) is 10.5 Å². The molecule has 0 saturated carbocycles. The van der Waals surface area contributed by atoms with E-state index in [1.807, 2.05) is 6.92 Å². The van der Waals surface area contributed by atoms with Crippen LogP contribution in [0.4, 0.5) is 10.1 Å². The SMILES string of the molecule is C1CCNCC1.CC(=Nc1c(C(=O)O)sc2nc3c(c(-c4ccc(F)cc4)c12)CCCC3)N1CCCCC1. The molecule has 202 valence electrons. The maximum atomic E-state index is 13.7. The van der Waals surface area contributed by atoms with E-state index in [1.165, 1.54) is 62.2 Å². The number of thiophene rings is 1. The molecule has 2 aliphatic heterocycles. The Labute approximate surface area is 228 Å². The molecule has 3 aliphatic rings. The Morgan fingerprint density at radius 1 is 1.00 bits per heavy atom. The summed E-state index contributed by atoms with van der Waals surface area (Å²) in [5.41, 5.74) is 4.53. The Hall–Kier alpha value is -2.84. The van der Waals surface area contributed by atoms with Crippen molar-refractivity contribution in [1.82, 2.24) is 15.2 Å². The van der Waals surface area contributed by atoms with Gasteiger partial charge in [-0.3, -0.25) is 0 Å². The number of aromatic carboxylic acids is 1. The van der Waals surface area contributed by atoms with Crippen LogP contribution in [-0.2, 0) is 12.8 Å². The van der Waals surface area contributed by atoms with Crippen LogP contribution in [0.5, 0.6) is 0 Å². The molecule has 8 heteroatoms. The number of pyridine rings is 1. The van der Waals surface area contributed by atoms with Gasteiger partial charge in [-0.25, -0.2) is 19.2 Å². The largest absolute Gasteiger partial charge is 0.477 e. The summed E-state index contributed by atoms with van der Waals surface area (Å²) in [7, 11) is 0. The number of aryl methyl sites for hydroxylation is 1. The van der Waals surface area contributed by atoms with E-state index in [0.717, 1.165) is 85.2 Å². The maximum absolute atomic E-state index is 13.7. The third kappa shape index (κ3) is 5.91. The second kappa shape index (κ2) is 12.3. The monoisotopic (exact) mass is 536 g/mol. The first-order valence-electron chi connectivity index (χ1n) is 14.0. The summed E-state index contributed by atoms with van der Waals surface area (Å²) in [6.07, 6.45) is 11.6. The topological polar surface area (TPSA) is 77.8 Å². The Bertz CT molecular complexity index is 1300. The number of carbonyl (C=O) groups is 1. The maximum Gasteiger partial charge on any atom is 0.348 e. The van der Waals surface area contributed by atoms with Crippen molar-refractivity contribution in [1.29, 1.82) is 0 Å². The molecule has 6 nitrogen and oxygen atoms in total. The molecule has 0 bridgehead atoms. The highest BCUT2D eigenvalue weighted by atomic mass is 32.1. The van der Waals surface area contributed by atoms with Crippen molar-refractivity contribution in [2.24, 2.45) is 4.99 Å². The number of carboxylic acid groups (broad SMARTS) is 1. The van der Waals surface area contributed by atoms with Gasteiger partial charge in [-0.05, 0) is 107 Å². The van der Waals surface area contributed by atoms with Crippen LogP contribution in [0.15, 0.2) is 29.3 Å². The van der Waals surface area contributed by atoms with Crippen LogP contribution in [0.1, 0.15) is 79.2 Å². The molecular weight excluding hydrogens is 499 g/mol. The number of rotatable bonds is 3. The fourth-order valence-electron chi connectivity index (χ4n) is 5.71. The molecule has 0 unspecified atom stereocenters. The number of hydrogen-bond donors (Lipinski definition) is 2. The molecular formula is C30H37FN4O2S. The van der Waals surface area contributed by atoms with Gasteiger partial charge in [0.25, 0.3) is 0 Å². The highest BCUT2D eigenvalue weighted by molar-refractivity contribution is 7.21. The summed E-state index contributed by atoms with van der Waals surface area (Å²) in [4.78, 5) is 25.2. The van der Waals surface area contributed by atoms with E-state index in [-0.39, 0.29) is 10.7 Å². The minimum atomic E-state index is -0.985. The first-order valence-corrected chi connectivity index (χ1v) is 14.8. The first kappa shape index (κ1) is 26.8. The van der Waals surface area contributed by atoms with Crippen molar-refractivity contribution in [2.75, 3.05) is 26.2 Å². The molecule has 1 aromatic carbocycles. The van der Waals surface area contributed by atoms with Gasteiger partial charge < -0.3 is 15.3 Å². The third-order valence-corrected chi connectivity index (χ3v) is 8.77. The van der Waals surface area contributed by atoms with Gasteiger partial charge in [0.2, 0.25) is 0 Å². The van der Waals surface area contributed by atoms with Crippen molar-refractivity contribution in [2.45, 2.75) is 71.1 Å². The summed E-state index contributed by atoms with van der Waals surface area (Å²) < 4.78 is 13.7. The molecule has 0 atom stereocenters. The fourth-order valence-corrected chi connectivity index (χ4v) is 6.69. The average Bonchev–Trinajstić information content (AvgIpc) is 3.32. The van der Waals surface area contributed by atoms with Crippen LogP contribution in [0.25, 0.3) is 21.3 Å². The van der Waals surface area contributed by atoms with Gasteiger partial charge in [0.1, 0.15) is 27.0 Å². The van der Waals surface area contributed by atoms with Crippen LogP contribution < -0.4 is 5.32 Å². The van der Waals surface area contributed by atoms with Crippen molar-refractivity contribution in [3.05, 3.63) is 46.2 Å². The summed E-state index contributed by atoms with van der Waals surface area (Å²) in [6.45, 7) is 6.35. The van der Waals surface area contributed by atoms with Crippen molar-refractivity contribution in [3.63, 3.8) is 0 Å². The Morgan fingerprint density at radius 2 is 1.68 bits per heavy atom. The normalized spacial score (nSPS) is 18.1. The van der Waals surface area contributed by atoms with E-state index in [2.05, 4.69) is 10.2 Å². The van der Waals surface area contributed by atoms with Crippen LogP contribution >= 0.6 is 11.3 Å². The zero-order valence-corrected chi connectivity index (χ0v) is 23.0. The zero-order chi connectivity index (χ0) is 26.5. The summed E-state index contributed by atoms with van der Waals surface area (Å²) in [5, 5.41) is 14.1. The number of nitrogens with zero attached hydrogens (tertiary/aromatic N) is 3. The third-order valence-electron chi connectivity index (χ3n) is 7.71. The molecule has 0 amide bonds. The Balaban J connectivity index is 0.000000433. The van der Waals surface area contributed by atoms with Gasteiger partial charge in [-0.2, -0.15) is 0 Å². The highest BCUT2D eigenvalue weighted by Crippen LogP contribution is 2.46. The standard InChI is InChI=1S/C25H26FN3O2S.C5H11N/c1-15(29-13-5-2-6-14-29)27-22-21-20(16-9-11-17(26)12-10-16)18-7-3-4-8-19(18)28-24(21)32-23(22)25(30)31;1-2-4-6-5-3-1/h9-12H,2-8,13-14H2,1H3,(H,30,31);6H,1-5H2. The van der Waals surface area contributed by atoms with Gasteiger partial charge in [0.05, 0.1) is 0 Å². The van der Waals surface area contributed by atoms with E-state index < -0.39 is 5.97 Å². The second-order valence-electron chi connectivity index (χ2n) is 10.4. The number of amidine groups is 1. The van der Waals surface area contributed by atoms with Crippen LogP contribution in [-0.4, -0.2) is 53.0 Å². The predicted molar refractivity (Wildman–Crippen MR) is 154 cm³/mol. The van der Waals surface area contributed by atoms with E-state index in [9.17, 15) is 14.3 Å². The number of piperidine rings is 2. The summed E-state index contributed by atoms with van der Waals surface area (Å²) >= 11 is 1.20. The molecule has 0 spiro atoms. The van der Waals surface area contributed by atoms with Crippen molar-refractivity contribution < 1.29 is 14.3 Å². The number of carboxylic acids is 1. The molecule has 2 fully saturated rings. The number of halogens is 1. The van der Waals surface area contributed by atoms with Gasteiger partial charge in [0.15, 0.2) is 0 Å². The van der Waals surface area contributed by atoms with Gasteiger partial charge in [-0.15, -0.1) is 11.3 Å². The lowest BCUT2D eigenvalue weighted by atomic mass is 9.87. The van der Waals surface area contributed by atoms with Crippen LogP contribution in [0.3, 0.4) is 0 Å². The molecule has 4 heterocycles. The highest BCUT2D eigenvalue weighted by Gasteiger charge is 2.27. The average molecular weight is 537 g/mol. The lowest BCUT2D eigenvalue weighted by Crippen LogP contribution is -2.33. The van der Waals surface area contributed by atoms with Crippen LogP contribution in [0.2, 0.25) is 0 Å². The number of fused-ring (bicyclic) bond motifs is 2. The van der Waals surface area contributed by atoms with Crippen molar-refractivity contribution >= 4 is 39.0 Å². The zero-order valence-electron chi connectivity index (χ0n) is 22.2. The number of aromatic nitrogens is 1. The minimum absolute atomic E-state index is 0.217. The number of aliphatic imine (C=N–C) groups is 1. The van der Waals surface area contributed by atoms with E-state index in [4.69, 9.17) is 9.98 Å². The van der Waals surface area contributed by atoms with E-state index >= 15 is 0 Å². The lowest BCUT2D eigenvalue weighted by Gasteiger charge is -2.28. The first-order chi connectivity index (χ1) is 18.5. The number of likely N-dealkylation sites (tertiary alicyclic amines) is 1. The molecule has 2 saturated heterocycles. The number of benzene rings is 1. The van der Waals surface area contributed by atoms with Crippen molar-refractivity contribution in [3.8, 4) is 11.1 Å². The van der Waals surface area contributed by atoms with Crippen LogP contribution in [0, 0.1) is 5.82 Å². The Kier molecular flexibility index (Phi) is 8.69. The summed E-state index contributed by atoms with van der Waals surface area (Å²) in [5.74, 6) is -0.431. The molecule has 0 radical (unpaired) electrons. The lowest BCUT2D eigenvalue weighted by molar-refractivity contribution is 0.0703. The minimum Gasteiger partial charge on any atom is -0.477 e. The summed E-state index contributed by atoms with van der Waals surface area (Å²) in [6, 6.07) is 6.48. The second-order valence-corrected chi connectivity index (χ2v) is 11.4. The van der Waals surface area contributed by atoms with Gasteiger partial charge >= 0.3 is 5.97 Å². The fraction of sp³-hybridized carbons (Fsp3) is 0.500. The molecule has 1 aliphatic carbocycles. The number of nitrogens with one attached hydrogen (secondary N) is 1. The van der Waals surface area contributed by atoms with Gasteiger partial charge in [-0.1, -0.05) is 18.6 Å². The predicted octanol–water partition coefficient (Wildman–Crippen LogP) is 6.98. The number of hydrogen-bond acceptors (Lipinski definition) is 5. The molecule has 2 aromatic heterocycles. The molecule has 6 rings (SSSR count). The smallest absolute Gasteiger partial charge is 0.348 e. The molecule has 2 N–H and O–H groups in total. The Morgan fingerprint density at radius 3 is 2.32 bits per heavy atom. The van der Waals surface area contributed by atoms with E-state index in [1.54, 1.807) is 12.1 Å². The molecule has 38 heavy (non-hydrogen) atoms. The van der Waals surface area contributed by atoms with Gasteiger partial charge in [0, 0.05) is 24.2 Å². The quantitative estimate of drug-likeness (QED) is 0.279. The molecule has 3 aromatic rings.